The van der Waals surface area contributed by atoms with E-state index >= 15 is 0 Å². The molecule has 0 saturated heterocycles. The minimum atomic E-state index is 0. The van der Waals surface area contributed by atoms with E-state index in [1.54, 1.807) is 0 Å². The van der Waals surface area contributed by atoms with Gasteiger partial charge in [0.25, 0.3) is 0 Å². The Morgan fingerprint density at radius 2 is 0.400 bits per heavy atom. The van der Waals surface area contributed by atoms with Crippen LogP contribution in [0.5, 0.6) is 0 Å². The molecule has 0 aromatic heterocycles. The van der Waals surface area contributed by atoms with Crippen molar-refractivity contribution >= 4 is 92.2 Å². The van der Waals surface area contributed by atoms with Gasteiger partial charge in [0.05, 0.1) is 0 Å². The Labute approximate surface area is 90.8 Å². The Morgan fingerprint density at radius 3 is 0.400 bits per heavy atom. The molecule has 0 N–H and O–H groups in total. The van der Waals surface area contributed by atoms with Gasteiger partial charge in [0.2, 0.25) is 0 Å². The van der Waals surface area contributed by atoms with E-state index in [0.717, 1.165) is 0 Å². The third kappa shape index (κ3) is 20.0. The summed E-state index contributed by atoms with van der Waals surface area (Å²) in [5.74, 6) is 0. The van der Waals surface area contributed by atoms with Crippen molar-refractivity contribution in [2.45, 2.75) is 0 Å². The van der Waals surface area contributed by atoms with Crippen LogP contribution in [0.25, 0.3) is 0 Å². The van der Waals surface area contributed by atoms with Crippen LogP contribution in [0.2, 0.25) is 0 Å². The third-order valence-electron chi connectivity index (χ3n) is 0. The average Bonchev–Trinajstić information content (AvgIpc) is 0. The predicted molar refractivity (Wildman–Crippen MR) is 33.6 cm³/mol. The first-order chi connectivity index (χ1) is 0. The van der Waals surface area contributed by atoms with E-state index in [4.69, 9.17) is 0 Å². The molecule has 0 aliphatic carbocycles. The minimum absolute atomic E-state index is 0. The monoisotopic (exact) mass is 326 g/mol. The number of hydrogen-bond donors (Lipinski definition) is 0. The van der Waals surface area contributed by atoms with E-state index in [0.29, 0.717) is 0 Å². The molecule has 0 aliphatic rings. The summed E-state index contributed by atoms with van der Waals surface area (Å²) < 4.78 is 0. The van der Waals surface area contributed by atoms with Crippen LogP contribution in [0.1, 0.15) is 0 Å². The molecule has 0 aliphatic heterocycles. The van der Waals surface area contributed by atoms with Gasteiger partial charge in [-0.15, -0.1) is 0 Å². The van der Waals surface area contributed by atoms with Crippen molar-refractivity contribution < 1.29 is 0 Å². The standard InChI is InChI=1S/2In.3S/q2*+3;3*-2. The Kier molecular flexibility index (Phi) is 270. The van der Waals surface area contributed by atoms with Crippen LogP contribution in [0.4, 0.5) is 0 Å². The molecule has 5 heavy (non-hydrogen) atoms. The molecule has 5 heteroatoms. The summed E-state index contributed by atoms with van der Waals surface area (Å²) in [6, 6.07) is 0. The number of hydrogen-bond acceptors (Lipinski definition) is 0. The Morgan fingerprint density at radius 1 is 0.400 bits per heavy atom. The van der Waals surface area contributed by atoms with Crippen LogP contribution in [-0.2, 0) is 40.5 Å². The predicted octanol–water partition coefficient (Wildman–Crippen LogP) is -0.769. The first kappa shape index (κ1) is 46.1. The minimum Gasteiger partial charge on any atom is -2.00 e. The molecular formula is In2S3. The van der Waals surface area contributed by atoms with Gasteiger partial charge in [-0.05, 0) is 0 Å². The van der Waals surface area contributed by atoms with Crippen LogP contribution in [0.3, 0.4) is 0 Å². The van der Waals surface area contributed by atoms with Crippen molar-refractivity contribution in [3.05, 3.63) is 0 Å². The van der Waals surface area contributed by atoms with Crippen LogP contribution >= 0.6 is 0 Å². The maximum atomic E-state index is 0. The summed E-state index contributed by atoms with van der Waals surface area (Å²) >= 11 is 0. The van der Waals surface area contributed by atoms with E-state index in [1.807, 2.05) is 0 Å². The first-order valence-electron chi connectivity index (χ1n) is 0. The third-order valence-corrected chi connectivity index (χ3v) is 0. The molecule has 0 spiro atoms. The SMILES string of the molecule is [In+3].[In+3].[S-2].[S-2].[S-2]. The summed E-state index contributed by atoms with van der Waals surface area (Å²) in [5.41, 5.74) is 0. The van der Waals surface area contributed by atoms with E-state index in [1.165, 1.54) is 0 Å². The zero-order valence-electron chi connectivity index (χ0n) is 2.38. The summed E-state index contributed by atoms with van der Waals surface area (Å²) in [7, 11) is 0. The van der Waals surface area contributed by atoms with Crippen molar-refractivity contribution in [1.29, 1.82) is 0 Å². The van der Waals surface area contributed by atoms with Crippen molar-refractivity contribution in [3.8, 4) is 0 Å². The van der Waals surface area contributed by atoms with Gasteiger partial charge in [0.1, 0.15) is 0 Å². The molecule has 0 atom stereocenters. The fourth-order valence-corrected chi connectivity index (χ4v) is 0. The first-order valence-corrected chi connectivity index (χ1v) is 0. The van der Waals surface area contributed by atoms with E-state index in [9.17, 15) is 0 Å². The molecule has 0 rings (SSSR count). The molecule has 0 aromatic carbocycles. The average molecular weight is 326 g/mol. The molecular weight excluding hydrogens is 326 g/mol. The second-order valence-corrected chi connectivity index (χ2v) is 0. The van der Waals surface area contributed by atoms with Gasteiger partial charge in [-0.3, -0.25) is 0 Å². The molecule has 0 fully saturated rings. The zero-order chi connectivity index (χ0) is 0. The van der Waals surface area contributed by atoms with E-state index in [2.05, 4.69) is 0 Å². The molecule has 0 bridgehead atoms. The topological polar surface area (TPSA) is 0 Å². The fourth-order valence-electron chi connectivity index (χ4n) is 0. The molecule has 0 nitrogen and oxygen atoms in total. The van der Waals surface area contributed by atoms with Gasteiger partial charge in [-0.2, -0.15) is 0 Å². The summed E-state index contributed by atoms with van der Waals surface area (Å²) in [6.45, 7) is 0. The van der Waals surface area contributed by atoms with Crippen molar-refractivity contribution in [1.82, 2.24) is 0 Å². The fraction of sp³-hybridized carbons (Fsp3) is 0. The Bertz CT molecular complexity index is 4.85. The van der Waals surface area contributed by atoms with Gasteiger partial charge in [0, 0.05) is 0 Å². The van der Waals surface area contributed by atoms with E-state index < -0.39 is 0 Å². The van der Waals surface area contributed by atoms with Gasteiger partial charge in [0.15, 0.2) is 0 Å². The van der Waals surface area contributed by atoms with Crippen LogP contribution in [-0.4, -0.2) is 51.7 Å². The molecule has 0 unspecified atom stereocenters. The van der Waals surface area contributed by atoms with Gasteiger partial charge in [-0.25, -0.2) is 0 Å². The van der Waals surface area contributed by atoms with Crippen LogP contribution in [0.15, 0.2) is 0 Å². The normalized spacial score (nSPS) is 0. The quantitative estimate of drug-likeness (QED) is 0.549. The maximum Gasteiger partial charge on any atom is 3.00 e. The van der Waals surface area contributed by atoms with Crippen LogP contribution < -0.4 is 0 Å². The largest absolute Gasteiger partial charge is 3.00 e. The van der Waals surface area contributed by atoms with Gasteiger partial charge < -0.3 is 40.5 Å². The van der Waals surface area contributed by atoms with E-state index in [-0.39, 0.29) is 92.2 Å². The zero-order valence-corrected chi connectivity index (χ0v) is 11.4. The van der Waals surface area contributed by atoms with Gasteiger partial charge >= 0.3 is 51.7 Å². The molecule has 0 aromatic rings. The molecule has 0 heterocycles. The summed E-state index contributed by atoms with van der Waals surface area (Å²) in [4.78, 5) is 0. The second-order valence-electron chi connectivity index (χ2n) is 0. The number of rotatable bonds is 0. The molecule has 0 saturated carbocycles. The maximum absolute atomic E-state index is 0. The molecule has 24 valence electrons. The smallest absolute Gasteiger partial charge is 2.00 e. The van der Waals surface area contributed by atoms with Crippen molar-refractivity contribution in [2.75, 3.05) is 0 Å². The van der Waals surface area contributed by atoms with Crippen molar-refractivity contribution in [3.63, 3.8) is 0 Å². The Balaban J connectivity index is 0. The van der Waals surface area contributed by atoms with Gasteiger partial charge in [-0.1, -0.05) is 0 Å². The van der Waals surface area contributed by atoms with Crippen LogP contribution in [0, 0.1) is 0 Å². The molecule has 0 radical (unpaired) electrons. The summed E-state index contributed by atoms with van der Waals surface area (Å²) in [6.07, 6.45) is 0. The second kappa shape index (κ2) is 29.2. The Hall–Kier alpha value is 2.79. The van der Waals surface area contributed by atoms with Crippen molar-refractivity contribution in [2.24, 2.45) is 0 Å². The summed E-state index contributed by atoms with van der Waals surface area (Å²) in [5, 5.41) is 0. The molecule has 0 amide bonds.